The Morgan fingerprint density at radius 1 is 1.17 bits per heavy atom. The lowest BCUT2D eigenvalue weighted by Crippen LogP contribution is -2.15. The Morgan fingerprint density at radius 3 is 2.22 bits per heavy atom. The average molecular weight is 249 g/mol. The summed E-state index contributed by atoms with van der Waals surface area (Å²) in [5, 5.41) is 3.31. The number of hydrogen-bond acceptors (Lipinski definition) is 2. The van der Waals surface area contributed by atoms with Gasteiger partial charge in [-0.2, -0.15) is 0 Å². The second-order valence-corrected chi connectivity index (χ2v) is 5.98. The van der Waals surface area contributed by atoms with E-state index in [1.807, 2.05) is 7.05 Å². The van der Waals surface area contributed by atoms with Crippen molar-refractivity contribution in [1.82, 2.24) is 5.32 Å². The van der Waals surface area contributed by atoms with Crippen LogP contribution in [-0.2, 0) is 0 Å². The van der Waals surface area contributed by atoms with E-state index in [4.69, 9.17) is 4.74 Å². The van der Waals surface area contributed by atoms with Gasteiger partial charge in [0, 0.05) is 6.04 Å². The topological polar surface area (TPSA) is 21.3 Å². The molecule has 0 aliphatic carbocycles. The first-order valence-corrected chi connectivity index (χ1v) is 6.86. The maximum Gasteiger partial charge on any atom is 0.119 e. The van der Waals surface area contributed by atoms with Gasteiger partial charge in [-0.1, -0.05) is 39.8 Å². The average Bonchev–Trinajstić information content (AvgIpc) is 2.31. The lowest BCUT2D eigenvalue weighted by Gasteiger charge is -2.18. The van der Waals surface area contributed by atoms with Crippen LogP contribution in [0, 0.1) is 5.41 Å². The van der Waals surface area contributed by atoms with E-state index in [-0.39, 0.29) is 0 Å². The van der Waals surface area contributed by atoms with Gasteiger partial charge < -0.3 is 10.1 Å². The summed E-state index contributed by atoms with van der Waals surface area (Å²) in [5.74, 6) is 0.967. The number of rotatable bonds is 6. The molecule has 0 aliphatic rings. The summed E-state index contributed by atoms with van der Waals surface area (Å²) < 4.78 is 5.76. The fourth-order valence-electron chi connectivity index (χ4n) is 1.88. The molecule has 0 aliphatic heterocycles. The third kappa shape index (κ3) is 5.09. The van der Waals surface area contributed by atoms with Crippen molar-refractivity contribution in [3.8, 4) is 5.75 Å². The zero-order valence-corrected chi connectivity index (χ0v) is 12.4. The second-order valence-electron chi connectivity index (χ2n) is 5.98. The van der Waals surface area contributed by atoms with E-state index in [1.165, 1.54) is 5.56 Å². The minimum Gasteiger partial charge on any atom is -0.494 e. The molecule has 2 heteroatoms. The molecule has 102 valence electrons. The predicted molar refractivity (Wildman–Crippen MR) is 78.1 cm³/mol. The molecule has 0 saturated heterocycles. The van der Waals surface area contributed by atoms with Crippen molar-refractivity contribution in [2.75, 3.05) is 13.7 Å². The van der Waals surface area contributed by atoms with Crippen molar-refractivity contribution >= 4 is 0 Å². The Balaban J connectivity index is 2.50. The summed E-state index contributed by atoms with van der Waals surface area (Å²) in [7, 11) is 2.00. The number of ether oxygens (including phenoxy) is 1. The zero-order chi connectivity index (χ0) is 13.6. The normalized spacial score (nSPS) is 13.4. The SMILES string of the molecule is CCC(NC)c1ccc(OCCC(C)(C)C)cc1. The van der Waals surface area contributed by atoms with Gasteiger partial charge in [0.15, 0.2) is 0 Å². The van der Waals surface area contributed by atoms with Crippen molar-refractivity contribution in [1.29, 1.82) is 0 Å². The smallest absolute Gasteiger partial charge is 0.119 e. The number of nitrogens with one attached hydrogen (secondary N) is 1. The number of benzene rings is 1. The van der Waals surface area contributed by atoms with Gasteiger partial charge in [0.2, 0.25) is 0 Å². The highest BCUT2D eigenvalue weighted by molar-refractivity contribution is 5.29. The molecule has 2 nitrogen and oxygen atoms in total. The molecule has 0 bridgehead atoms. The van der Waals surface area contributed by atoms with Gasteiger partial charge in [-0.05, 0) is 43.0 Å². The van der Waals surface area contributed by atoms with Crippen LogP contribution in [0.1, 0.15) is 52.1 Å². The Bertz CT molecular complexity index is 333. The molecule has 0 fully saturated rings. The molecule has 0 radical (unpaired) electrons. The summed E-state index contributed by atoms with van der Waals surface area (Å²) >= 11 is 0. The molecule has 0 spiro atoms. The van der Waals surface area contributed by atoms with Crippen LogP contribution >= 0.6 is 0 Å². The van der Waals surface area contributed by atoms with Gasteiger partial charge in [-0.15, -0.1) is 0 Å². The first-order chi connectivity index (χ1) is 8.46. The highest BCUT2D eigenvalue weighted by Gasteiger charge is 2.10. The molecular weight excluding hydrogens is 222 g/mol. The molecule has 1 aromatic carbocycles. The van der Waals surface area contributed by atoms with E-state index < -0.39 is 0 Å². The van der Waals surface area contributed by atoms with E-state index in [0.29, 0.717) is 11.5 Å². The van der Waals surface area contributed by atoms with E-state index in [0.717, 1.165) is 25.2 Å². The third-order valence-corrected chi connectivity index (χ3v) is 3.16. The lowest BCUT2D eigenvalue weighted by atomic mass is 9.93. The van der Waals surface area contributed by atoms with Crippen LogP contribution in [0.2, 0.25) is 0 Å². The minimum absolute atomic E-state index is 0.333. The van der Waals surface area contributed by atoms with Gasteiger partial charge in [0.25, 0.3) is 0 Å². The summed E-state index contributed by atoms with van der Waals surface area (Å²) in [6, 6.07) is 8.87. The standard InChI is InChI=1S/C16H27NO/c1-6-15(17-5)13-7-9-14(10-8-13)18-12-11-16(2,3)4/h7-10,15,17H,6,11-12H2,1-5H3. The van der Waals surface area contributed by atoms with Gasteiger partial charge >= 0.3 is 0 Å². The highest BCUT2D eigenvalue weighted by atomic mass is 16.5. The summed E-state index contributed by atoms with van der Waals surface area (Å²) in [5.41, 5.74) is 1.66. The van der Waals surface area contributed by atoms with Gasteiger partial charge in [-0.3, -0.25) is 0 Å². The van der Waals surface area contributed by atoms with Crippen molar-refractivity contribution in [2.45, 2.75) is 46.6 Å². The lowest BCUT2D eigenvalue weighted by molar-refractivity contribution is 0.243. The van der Waals surface area contributed by atoms with Crippen molar-refractivity contribution in [3.63, 3.8) is 0 Å². The van der Waals surface area contributed by atoms with Crippen LogP contribution in [0.25, 0.3) is 0 Å². The molecular formula is C16H27NO. The first kappa shape index (κ1) is 15.0. The third-order valence-electron chi connectivity index (χ3n) is 3.16. The molecule has 1 N–H and O–H groups in total. The van der Waals surface area contributed by atoms with E-state index in [1.54, 1.807) is 0 Å². The molecule has 0 heterocycles. The van der Waals surface area contributed by atoms with Crippen LogP contribution in [-0.4, -0.2) is 13.7 Å². The van der Waals surface area contributed by atoms with Crippen LogP contribution < -0.4 is 10.1 Å². The van der Waals surface area contributed by atoms with Gasteiger partial charge in [0.05, 0.1) is 6.61 Å². The van der Waals surface area contributed by atoms with E-state index >= 15 is 0 Å². The highest BCUT2D eigenvalue weighted by Crippen LogP contribution is 2.22. The van der Waals surface area contributed by atoms with Gasteiger partial charge in [-0.25, -0.2) is 0 Å². The fourth-order valence-corrected chi connectivity index (χ4v) is 1.88. The molecule has 1 rings (SSSR count). The molecule has 0 aromatic heterocycles. The Labute approximate surface area is 112 Å². The van der Waals surface area contributed by atoms with Crippen LogP contribution in [0.3, 0.4) is 0 Å². The van der Waals surface area contributed by atoms with Crippen LogP contribution in [0.5, 0.6) is 5.75 Å². The van der Waals surface area contributed by atoms with Crippen molar-refractivity contribution in [2.24, 2.45) is 5.41 Å². The Morgan fingerprint density at radius 2 is 1.78 bits per heavy atom. The predicted octanol–water partition coefficient (Wildman–Crippen LogP) is 4.17. The van der Waals surface area contributed by atoms with Crippen LogP contribution in [0.4, 0.5) is 0 Å². The first-order valence-electron chi connectivity index (χ1n) is 6.86. The molecule has 1 aromatic rings. The van der Waals surface area contributed by atoms with E-state index in [2.05, 4.69) is 57.3 Å². The zero-order valence-electron chi connectivity index (χ0n) is 12.4. The minimum atomic E-state index is 0.333. The molecule has 0 saturated carbocycles. The van der Waals surface area contributed by atoms with Crippen LogP contribution in [0.15, 0.2) is 24.3 Å². The quantitative estimate of drug-likeness (QED) is 0.817. The molecule has 18 heavy (non-hydrogen) atoms. The van der Waals surface area contributed by atoms with Crippen molar-refractivity contribution in [3.05, 3.63) is 29.8 Å². The molecule has 1 atom stereocenters. The number of hydrogen-bond donors (Lipinski definition) is 1. The molecule has 1 unspecified atom stereocenters. The van der Waals surface area contributed by atoms with E-state index in [9.17, 15) is 0 Å². The Hall–Kier alpha value is -1.02. The monoisotopic (exact) mass is 249 g/mol. The largest absolute Gasteiger partial charge is 0.494 e. The second kappa shape index (κ2) is 6.79. The van der Waals surface area contributed by atoms with Crippen molar-refractivity contribution < 1.29 is 4.74 Å². The fraction of sp³-hybridized carbons (Fsp3) is 0.625. The Kier molecular flexibility index (Phi) is 5.67. The summed E-state index contributed by atoms with van der Waals surface area (Å²) in [4.78, 5) is 0. The summed E-state index contributed by atoms with van der Waals surface area (Å²) in [6.07, 6.45) is 2.17. The maximum absolute atomic E-state index is 5.76. The summed E-state index contributed by atoms with van der Waals surface area (Å²) in [6.45, 7) is 9.68. The molecule has 0 amide bonds. The maximum atomic E-state index is 5.76. The van der Waals surface area contributed by atoms with Gasteiger partial charge in [0.1, 0.15) is 5.75 Å².